The summed E-state index contributed by atoms with van der Waals surface area (Å²) >= 11 is 0. The maximum Gasteiger partial charge on any atom is 0.163 e. The second kappa shape index (κ2) is 4.81. The maximum atomic E-state index is 12.4. The fraction of sp³-hybridized carbons (Fsp3) is 0.524. The average Bonchev–Trinajstić information content (AvgIpc) is 2.99. The van der Waals surface area contributed by atoms with E-state index in [1.807, 2.05) is 12.5 Å². The molecule has 0 heterocycles. The Morgan fingerprint density at radius 1 is 1.00 bits per heavy atom. The first-order chi connectivity index (χ1) is 10.5. The van der Waals surface area contributed by atoms with E-state index in [9.17, 15) is 4.79 Å². The summed E-state index contributed by atoms with van der Waals surface area (Å²) in [7, 11) is 0. The fourth-order valence-corrected chi connectivity index (χ4v) is 4.68. The summed E-state index contributed by atoms with van der Waals surface area (Å²) in [5, 5.41) is 0. The minimum atomic E-state index is 0. The van der Waals surface area contributed by atoms with E-state index in [0.717, 1.165) is 5.57 Å². The molecule has 4 rings (SSSR count). The SMILES string of the molecule is CC(C)(C)c1c2c(c(CC(=O)C3=C[CH]3)c3c1CCC3)CCC2.[HH]. The lowest BCUT2D eigenvalue weighted by atomic mass is 9.76. The van der Waals surface area contributed by atoms with Gasteiger partial charge in [0.05, 0.1) is 0 Å². The van der Waals surface area contributed by atoms with Crippen LogP contribution < -0.4 is 0 Å². The first-order valence-corrected chi connectivity index (χ1v) is 8.74. The standard InChI is InChI=1S/C21H25O.H2/c1-21(2,3)20-16-8-4-6-14(16)18(12-19(22)13-10-11-13)15-7-5-9-17(15)20;/h10-11H,4-9,12H2,1-3H3;1H. The van der Waals surface area contributed by atoms with Crippen LogP contribution in [0.2, 0.25) is 0 Å². The lowest BCUT2D eigenvalue weighted by molar-refractivity contribution is -0.114. The van der Waals surface area contributed by atoms with Gasteiger partial charge in [0.15, 0.2) is 5.78 Å². The molecule has 1 aromatic rings. The summed E-state index contributed by atoms with van der Waals surface area (Å²) in [6.07, 6.45) is 11.8. The van der Waals surface area contributed by atoms with Gasteiger partial charge in [-0.2, -0.15) is 0 Å². The Morgan fingerprint density at radius 2 is 1.50 bits per heavy atom. The van der Waals surface area contributed by atoms with Crippen LogP contribution >= 0.6 is 0 Å². The van der Waals surface area contributed by atoms with Crippen LogP contribution in [0.5, 0.6) is 0 Å². The van der Waals surface area contributed by atoms with Crippen molar-refractivity contribution in [3.8, 4) is 0 Å². The van der Waals surface area contributed by atoms with Crippen molar-refractivity contribution in [1.82, 2.24) is 0 Å². The quantitative estimate of drug-likeness (QED) is 0.804. The van der Waals surface area contributed by atoms with E-state index in [2.05, 4.69) is 20.8 Å². The third-order valence-electron chi connectivity index (χ3n) is 5.51. The number of allylic oxidation sites excluding steroid dienone is 2. The van der Waals surface area contributed by atoms with Gasteiger partial charge in [0, 0.05) is 14.3 Å². The highest BCUT2D eigenvalue weighted by Gasteiger charge is 2.34. The summed E-state index contributed by atoms with van der Waals surface area (Å²) in [5.74, 6) is 0.326. The molecule has 1 radical (unpaired) electrons. The largest absolute Gasteiger partial charge is 0.294 e. The molecule has 1 heteroatoms. The molecule has 0 atom stereocenters. The Balaban J connectivity index is 0.00000156. The monoisotopic (exact) mass is 295 g/mol. The van der Waals surface area contributed by atoms with Gasteiger partial charge >= 0.3 is 0 Å². The van der Waals surface area contributed by atoms with Gasteiger partial charge in [0.2, 0.25) is 0 Å². The lowest BCUT2D eigenvalue weighted by Gasteiger charge is -2.29. The van der Waals surface area contributed by atoms with E-state index < -0.39 is 0 Å². The summed E-state index contributed by atoms with van der Waals surface area (Å²) in [4.78, 5) is 12.4. The third kappa shape index (κ3) is 2.17. The maximum absolute atomic E-state index is 12.4. The van der Waals surface area contributed by atoms with Crippen molar-refractivity contribution in [3.05, 3.63) is 51.5 Å². The molecule has 0 aliphatic heterocycles. The van der Waals surface area contributed by atoms with Crippen molar-refractivity contribution in [2.24, 2.45) is 0 Å². The van der Waals surface area contributed by atoms with Crippen LogP contribution in [0, 0.1) is 6.42 Å². The zero-order valence-electron chi connectivity index (χ0n) is 14.0. The molecule has 22 heavy (non-hydrogen) atoms. The molecule has 0 amide bonds. The van der Waals surface area contributed by atoms with Crippen LogP contribution in [0.4, 0.5) is 0 Å². The topological polar surface area (TPSA) is 17.1 Å². The Bertz CT molecular complexity index is 669. The summed E-state index contributed by atoms with van der Waals surface area (Å²) in [5.41, 5.74) is 10.5. The summed E-state index contributed by atoms with van der Waals surface area (Å²) in [6, 6.07) is 0. The minimum absolute atomic E-state index is 0. The van der Waals surface area contributed by atoms with Crippen LogP contribution in [0.3, 0.4) is 0 Å². The molecule has 0 unspecified atom stereocenters. The van der Waals surface area contributed by atoms with E-state index in [1.54, 1.807) is 27.8 Å². The molecule has 0 N–H and O–H groups in total. The second-order valence-electron chi connectivity index (χ2n) is 8.11. The van der Waals surface area contributed by atoms with Crippen molar-refractivity contribution >= 4 is 5.78 Å². The highest BCUT2D eigenvalue weighted by molar-refractivity contribution is 6.04. The zero-order valence-corrected chi connectivity index (χ0v) is 14.0. The molecule has 1 nitrogen and oxygen atoms in total. The summed E-state index contributed by atoms with van der Waals surface area (Å²) < 4.78 is 0. The Kier molecular flexibility index (Phi) is 3.11. The van der Waals surface area contributed by atoms with Gasteiger partial charge < -0.3 is 0 Å². The molecule has 0 saturated heterocycles. The lowest BCUT2D eigenvalue weighted by Crippen LogP contribution is -2.20. The first kappa shape index (κ1) is 14.2. The molecular weight excluding hydrogens is 268 g/mol. The van der Waals surface area contributed by atoms with Crippen LogP contribution in [0.25, 0.3) is 0 Å². The molecule has 0 spiro atoms. The van der Waals surface area contributed by atoms with E-state index in [-0.39, 0.29) is 6.84 Å². The van der Waals surface area contributed by atoms with Crippen LogP contribution in [0.15, 0.2) is 11.6 Å². The van der Waals surface area contributed by atoms with Crippen LogP contribution in [-0.2, 0) is 42.3 Å². The van der Waals surface area contributed by atoms with Crippen molar-refractivity contribution in [2.75, 3.05) is 0 Å². The molecule has 0 bridgehead atoms. The number of Topliss-reactive ketones (excluding diaryl/α,β-unsaturated/α-hetero) is 1. The van der Waals surface area contributed by atoms with Crippen molar-refractivity contribution in [1.29, 1.82) is 0 Å². The Labute approximate surface area is 135 Å². The van der Waals surface area contributed by atoms with Crippen molar-refractivity contribution in [3.63, 3.8) is 0 Å². The number of rotatable bonds is 3. The van der Waals surface area contributed by atoms with E-state index in [1.165, 1.54) is 44.1 Å². The molecule has 0 aromatic heterocycles. The number of carbonyl (C=O) groups is 1. The average molecular weight is 295 g/mol. The number of benzene rings is 1. The number of ketones is 1. The fourth-order valence-electron chi connectivity index (χ4n) is 4.68. The molecule has 3 aliphatic rings. The zero-order chi connectivity index (χ0) is 15.5. The van der Waals surface area contributed by atoms with E-state index >= 15 is 0 Å². The summed E-state index contributed by atoms with van der Waals surface area (Å²) in [6.45, 7) is 7.07. The van der Waals surface area contributed by atoms with E-state index in [0.29, 0.717) is 12.2 Å². The van der Waals surface area contributed by atoms with Gasteiger partial charge in [-0.3, -0.25) is 4.79 Å². The molecule has 3 aliphatic carbocycles. The normalized spacial score (nSPS) is 19.0. The van der Waals surface area contributed by atoms with Gasteiger partial charge in [0.1, 0.15) is 0 Å². The number of hydrogen-bond acceptors (Lipinski definition) is 1. The van der Waals surface area contributed by atoms with E-state index in [4.69, 9.17) is 0 Å². The molecule has 0 saturated carbocycles. The molecule has 0 fully saturated rings. The van der Waals surface area contributed by atoms with Crippen LogP contribution in [0.1, 0.15) is 68.4 Å². The van der Waals surface area contributed by atoms with Gasteiger partial charge in [-0.15, -0.1) is 0 Å². The highest BCUT2D eigenvalue weighted by Crippen LogP contribution is 2.44. The minimum Gasteiger partial charge on any atom is -0.294 e. The number of fused-ring (bicyclic) bond motifs is 2. The Hall–Kier alpha value is -1.37. The van der Waals surface area contributed by atoms with Gasteiger partial charge in [-0.05, 0) is 82.9 Å². The van der Waals surface area contributed by atoms with Crippen molar-refractivity contribution in [2.45, 2.75) is 71.1 Å². The number of hydrogen-bond donors (Lipinski definition) is 0. The van der Waals surface area contributed by atoms with Crippen LogP contribution in [-0.4, -0.2) is 5.78 Å². The Morgan fingerprint density at radius 3 is 1.95 bits per heavy atom. The third-order valence-corrected chi connectivity index (χ3v) is 5.51. The smallest absolute Gasteiger partial charge is 0.163 e. The predicted octanol–water partition coefficient (Wildman–Crippen LogP) is 4.46. The highest BCUT2D eigenvalue weighted by atomic mass is 16.1. The molecule has 117 valence electrons. The predicted molar refractivity (Wildman–Crippen MR) is 92.4 cm³/mol. The molecule has 1 aromatic carbocycles. The van der Waals surface area contributed by atoms with Crippen molar-refractivity contribution < 1.29 is 6.22 Å². The first-order valence-electron chi connectivity index (χ1n) is 8.74. The van der Waals surface area contributed by atoms with Gasteiger partial charge in [-0.1, -0.05) is 26.8 Å². The second-order valence-corrected chi connectivity index (χ2v) is 8.11. The van der Waals surface area contributed by atoms with Gasteiger partial charge in [-0.25, -0.2) is 0 Å². The number of carbonyl (C=O) groups excluding carboxylic acids is 1. The molecular formula is C21H27O. The van der Waals surface area contributed by atoms with Gasteiger partial charge in [0.25, 0.3) is 0 Å².